The normalized spacial score (nSPS) is 12.1. The van der Waals surface area contributed by atoms with Crippen LogP contribution in [0.3, 0.4) is 0 Å². The monoisotopic (exact) mass is 571 g/mol. The average Bonchev–Trinajstić information content (AvgIpc) is 3.40. The van der Waals surface area contributed by atoms with E-state index in [2.05, 4.69) is 11.7 Å². The molecule has 0 spiro atoms. The molecular weight excluding hydrogens is 546 g/mol. The fourth-order valence-corrected chi connectivity index (χ4v) is 4.56. The van der Waals surface area contributed by atoms with Crippen LogP contribution < -0.4 is 15.0 Å². The Morgan fingerprint density at radius 3 is 2.73 bits per heavy atom. The number of aromatic nitrogens is 2. The molecule has 10 heteroatoms. The Bertz CT molecular complexity index is 1870. The van der Waals surface area contributed by atoms with E-state index in [0.717, 1.165) is 5.39 Å². The Morgan fingerprint density at radius 1 is 1.17 bits per heavy atom. The molecule has 2 heterocycles. The molecule has 3 aromatic carbocycles. The van der Waals surface area contributed by atoms with E-state index in [1.54, 1.807) is 61.5 Å². The first-order valence-electron chi connectivity index (χ1n) is 12.6. The van der Waals surface area contributed by atoms with E-state index >= 15 is 0 Å². The van der Waals surface area contributed by atoms with Gasteiger partial charge in [0.2, 0.25) is 5.82 Å². The van der Waals surface area contributed by atoms with Crippen LogP contribution in [0.25, 0.3) is 33.5 Å². The summed E-state index contributed by atoms with van der Waals surface area (Å²) in [5, 5.41) is 6.26. The molecule has 0 radical (unpaired) electrons. The number of carbonyl (C=O) groups excluding carboxylic acids is 1. The summed E-state index contributed by atoms with van der Waals surface area (Å²) < 4.78 is 23.5. The molecule has 208 valence electrons. The third-order valence-electron chi connectivity index (χ3n) is 6.34. The summed E-state index contributed by atoms with van der Waals surface area (Å²) in [6, 6.07) is 17.6. The van der Waals surface area contributed by atoms with Crippen LogP contribution in [0.1, 0.15) is 18.1 Å². The summed E-state index contributed by atoms with van der Waals surface area (Å²) in [7, 11) is 2.79. The van der Waals surface area contributed by atoms with Gasteiger partial charge in [-0.3, -0.25) is 4.79 Å². The summed E-state index contributed by atoms with van der Waals surface area (Å²) >= 11 is 6.16. The molecule has 5 rings (SSSR count). The number of esters is 1. The van der Waals surface area contributed by atoms with Crippen LogP contribution in [-0.4, -0.2) is 42.2 Å². The van der Waals surface area contributed by atoms with E-state index in [4.69, 9.17) is 35.2 Å². The summed E-state index contributed by atoms with van der Waals surface area (Å²) in [5.74, 6) is 0.814. The van der Waals surface area contributed by atoms with Crippen molar-refractivity contribution in [1.29, 1.82) is 0 Å². The summed E-state index contributed by atoms with van der Waals surface area (Å²) in [6.45, 7) is 5.41. The predicted molar refractivity (Wildman–Crippen MR) is 158 cm³/mol. The molecule has 0 unspecified atom stereocenters. The van der Waals surface area contributed by atoms with Crippen LogP contribution in [0.4, 0.5) is 0 Å². The van der Waals surface area contributed by atoms with Crippen molar-refractivity contribution in [3.8, 4) is 23.1 Å². The molecule has 0 N–H and O–H groups in total. The van der Waals surface area contributed by atoms with Gasteiger partial charge in [0, 0.05) is 16.0 Å². The summed E-state index contributed by atoms with van der Waals surface area (Å²) in [4.78, 5) is 30.3. The number of allylic oxidation sites excluding steroid dienone is 1. The van der Waals surface area contributed by atoms with E-state index in [1.165, 1.54) is 25.1 Å². The zero-order valence-electron chi connectivity index (χ0n) is 22.6. The van der Waals surface area contributed by atoms with Crippen LogP contribution in [0.5, 0.6) is 11.5 Å². The minimum atomic E-state index is -0.861. The van der Waals surface area contributed by atoms with Gasteiger partial charge in [-0.05, 0) is 67.4 Å². The molecule has 0 aliphatic rings. The first-order chi connectivity index (χ1) is 19.8. The number of hydrogen-bond donors (Lipinski definition) is 0. The van der Waals surface area contributed by atoms with Crippen LogP contribution in [0.15, 0.2) is 87.6 Å². The Hall–Kier alpha value is -4.89. The van der Waals surface area contributed by atoms with Crippen molar-refractivity contribution < 1.29 is 23.4 Å². The second-order valence-corrected chi connectivity index (χ2v) is 9.53. The molecule has 41 heavy (non-hydrogen) atoms. The number of nitrogens with zero attached hydrogens (tertiary/aromatic N) is 3. The van der Waals surface area contributed by atoms with Crippen LogP contribution in [0, 0.1) is 0 Å². The Morgan fingerprint density at radius 2 is 1.98 bits per heavy atom. The maximum absolute atomic E-state index is 13.6. The molecule has 0 fully saturated rings. The number of fused-ring (bicyclic) bond motifs is 2. The highest BCUT2D eigenvalue weighted by Gasteiger charge is 2.21. The fraction of sp³-hybridized carbons (Fsp3) is 0.161. The van der Waals surface area contributed by atoms with E-state index in [1.807, 2.05) is 12.1 Å². The van der Waals surface area contributed by atoms with Crippen LogP contribution in [0.2, 0.25) is 5.02 Å². The van der Waals surface area contributed by atoms with Gasteiger partial charge < -0.3 is 18.6 Å². The molecule has 0 aliphatic carbocycles. The molecule has 0 saturated carbocycles. The van der Waals surface area contributed by atoms with Gasteiger partial charge in [-0.1, -0.05) is 29.8 Å². The lowest BCUT2D eigenvalue weighted by molar-refractivity contribution is -0.147. The Balaban J connectivity index is 1.64. The van der Waals surface area contributed by atoms with Gasteiger partial charge >= 0.3 is 5.97 Å². The maximum Gasteiger partial charge on any atom is 0.346 e. The van der Waals surface area contributed by atoms with Crippen molar-refractivity contribution in [3.63, 3.8) is 0 Å². The number of benzene rings is 3. The van der Waals surface area contributed by atoms with Crippen molar-refractivity contribution in [3.05, 3.63) is 99.8 Å². The van der Waals surface area contributed by atoms with Gasteiger partial charge in [0.25, 0.3) is 5.56 Å². The highest BCUT2D eigenvalue weighted by Crippen LogP contribution is 2.34. The van der Waals surface area contributed by atoms with E-state index in [-0.39, 0.29) is 11.4 Å². The van der Waals surface area contributed by atoms with E-state index in [0.29, 0.717) is 56.3 Å². The summed E-state index contributed by atoms with van der Waals surface area (Å²) in [6.07, 6.45) is 2.78. The fourth-order valence-electron chi connectivity index (χ4n) is 4.38. The molecule has 0 saturated heterocycles. The smallest absolute Gasteiger partial charge is 0.346 e. The lowest BCUT2D eigenvalue weighted by atomic mass is 10.1. The summed E-state index contributed by atoms with van der Waals surface area (Å²) in [5.41, 5.74) is 2.05. The van der Waals surface area contributed by atoms with Crippen molar-refractivity contribution in [2.75, 3.05) is 14.2 Å². The maximum atomic E-state index is 13.6. The third kappa shape index (κ3) is 5.57. The van der Waals surface area contributed by atoms with Crippen molar-refractivity contribution in [2.45, 2.75) is 19.4 Å². The lowest BCUT2D eigenvalue weighted by Gasteiger charge is -2.18. The number of rotatable bonds is 9. The van der Waals surface area contributed by atoms with Gasteiger partial charge in [-0.25, -0.2) is 9.78 Å². The second-order valence-electron chi connectivity index (χ2n) is 9.09. The Kier molecular flexibility index (Phi) is 7.89. The van der Waals surface area contributed by atoms with Crippen LogP contribution >= 0.6 is 11.6 Å². The standard InChI is InChI=1S/C31H26ClN3O6/c1-5-8-20-13-19(14-26(38-3)28(20)40-18(2)31(37)39-4)17-33-35-29(34-24-10-7-6-9-23(24)30(35)36)27-16-21-15-22(32)11-12-25(21)41-27/h5-7,9-18H,1,8H2,2-4H3/t18-/m0/s1. The number of methoxy groups -OCH3 is 2. The van der Waals surface area contributed by atoms with Gasteiger partial charge in [-0.2, -0.15) is 9.78 Å². The van der Waals surface area contributed by atoms with Gasteiger partial charge in [0.05, 0.1) is 31.3 Å². The molecule has 1 atom stereocenters. The van der Waals surface area contributed by atoms with E-state index in [9.17, 15) is 9.59 Å². The molecule has 0 amide bonds. The minimum absolute atomic E-state index is 0.224. The van der Waals surface area contributed by atoms with E-state index < -0.39 is 12.1 Å². The molecule has 2 aromatic heterocycles. The van der Waals surface area contributed by atoms with Gasteiger partial charge in [0.1, 0.15) is 5.58 Å². The van der Waals surface area contributed by atoms with Crippen LogP contribution in [-0.2, 0) is 16.0 Å². The SMILES string of the molecule is C=CCc1cc(C=Nn2c(-c3cc4cc(Cl)ccc4o3)nc3ccccc3c2=O)cc(OC)c1O[C@@H](C)C(=O)OC. The molecule has 0 bridgehead atoms. The average molecular weight is 572 g/mol. The zero-order chi connectivity index (χ0) is 29.1. The predicted octanol–water partition coefficient (Wildman–Crippen LogP) is 6.02. The van der Waals surface area contributed by atoms with Crippen molar-refractivity contribution in [2.24, 2.45) is 5.10 Å². The molecular formula is C31H26ClN3O6. The van der Waals surface area contributed by atoms with Gasteiger partial charge in [-0.15, -0.1) is 6.58 Å². The topological polar surface area (TPSA) is 105 Å². The number of hydrogen-bond acceptors (Lipinski definition) is 8. The second kappa shape index (κ2) is 11.7. The van der Waals surface area contributed by atoms with Gasteiger partial charge in [0.15, 0.2) is 23.4 Å². The lowest BCUT2D eigenvalue weighted by Crippen LogP contribution is -2.25. The van der Waals surface area contributed by atoms with Crippen molar-refractivity contribution in [1.82, 2.24) is 9.66 Å². The molecule has 5 aromatic rings. The first-order valence-corrected chi connectivity index (χ1v) is 13.0. The first kappa shape index (κ1) is 27.7. The number of ether oxygens (including phenoxy) is 3. The number of halogens is 1. The highest BCUT2D eigenvalue weighted by atomic mass is 35.5. The minimum Gasteiger partial charge on any atom is -0.493 e. The molecule has 0 aliphatic heterocycles. The quantitative estimate of drug-likeness (QED) is 0.121. The Labute approximate surface area is 240 Å². The number of furan rings is 1. The number of para-hydroxylation sites is 1. The van der Waals surface area contributed by atoms with Crippen molar-refractivity contribution >= 4 is 45.7 Å². The zero-order valence-corrected chi connectivity index (χ0v) is 23.3. The number of carbonyl (C=O) groups is 1. The largest absolute Gasteiger partial charge is 0.493 e. The molecule has 9 nitrogen and oxygen atoms in total. The highest BCUT2D eigenvalue weighted by molar-refractivity contribution is 6.31. The third-order valence-corrected chi connectivity index (χ3v) is 6.58.